The van der Waals surface area contributed by atoms with Crippen LogP contribution in [-0.2, 0) is 6.42 Å². The summed E-state index contributed by atoms with van der Waals surface area (Å²) in [6.45, 7) is 0. The van der Waals surface area contributed by atoms with Gasteiger partial charge in [-0.1, -0.05) is 53.5 Å². The van der Waals surface area contributed by atoms with E-state index in [1.54, 1.807) is 6.20 Å². The lowest BCUT2D eigenvalue weighted by Crippen LogP contribution is -2.13. The Balaban J connectivity index is 2.22. The number of halogens is 2. The van der Waals surface area contributed by atoms with E-state index >= 15 is 0 Å². The SMILES string of the molecule is NC(=O)c1cc(Cl)c(Cc2ccccc2)c(-c2nccs2)c1Cl. The average molecular weight is 363 g/mol. The molecule has 3 nitrogen and oxygen atoms in total. The molecule has 0 aliphatic carbocycles. The number of nitrogens with zero attached hydrogens (tertiary/aromatic N) is 1. The fourth-order valence-electron chi connectivity index (χ4n) is 2.39. The van der Waals surface area contributed by atoms with Crippen LogP contribution in [-0.4, -0.2) is 10.9 Å². The third kappa shape index (κ3) is 3.24. The van der Waals surface area contributed by atoms with Gasteiger partial charge in [-0.25, -0.2) is 4.98 Å². The number of carbonyl (C=O) groups is 1. The number of nitrogens with two attached hydrogens (primary N) is 1. The van der Waals surface area contributed by atoms with Crippen molar-refractivity contribution in [2.75, 3.05) is 0 Å². The van der Waals surface area contributed by atoms with E-state index in [9.17, 15) is 4.79 Å². The molecule has 3 aromatic rings. The maximum Gasteiger partial charge on any atom is 0.250 e. The lowest BCUT2D eigenvalue weighted by molar-refractivity contribution is 0.100. The molecule has 0 saturated heterocycles. The molecule has 0 aliphatic heterocycles. The van der Waals surface area contributed by atoms with Gasteiger partial charge in [-0.15, -0.1) is 11.3 Å². The second-order valence-corrected chi connectivity index (χ2v) is 6.62. The van der Waals surface area contributed by atoms with E-state index in [0.29, 0.717) is 27.0 Å². The second-order valence-electron chi connectivity index (χ2n) is 4.94. The zero-order valence-electron chi connectivity index (χ0n) is 11.9. The molecule has 2 aromatic carbocycles. The molecule has 6 heteroatoms. The van der Waals surface area contributed by atoms with Crippen LogP contribution >= 0.6 is 34.5 Å². The van der Waals surface area contributed by atoms with Crippen molar-refractivity contribution in [2.24, 2.45) is 5.73 Å². The van der Waals surface area contributed by atoms with Crippen molar-refractivity contribution in [3.8, 4) is 10.6 Å². The van der Waals surface area contributed by atoms with Crippen LogP contribution in [0.1, 0.15) is 21.5 Å². The number of hydrogen-bond acceptors (Lipinski definition) is 3. The highest BCUT2D eigenvalue weighted by molar-refractivity contribution is 7.13. The molecule has 0 radical (unpaired) electrons. The number of amides is 1. The van der Waals surface area contributed by atoms with Gasteiger partial charge in [-0.05, 0) is 23.6 Å². The predicted octanol–water partition coefficient (Wildman–Crippen LogP) is 4.81. The molecular weight excluding hydrogens is 351 g/mol. The minimum Gasteiger partial charge on any atom is -0.366 e. The molecule has 23 heavy (non-hydrogen) atoms. The lowest BCUT2D eigenvalue weighted by atomic mass is 9.97. The molecule has 1 aromatic heterocycles. The fourth-order valence-corrected chi connectivity index (χ4v) is 3.78. The fraction of sp³-hybridized carbons (Fsp3) is 0.0588. The van der Waals surface area contributed by atoms with Gasteiger partial charge < -0.3 is 5.73 Å². The minimum atomic E-state index is -0.610. The van der Waals surface area contributed by atoms with Crippen molar-refractivity contribution in [3.05, 3.63) is 74.7 Å². The van der Waals surface area contributed by atoms with Crippen LogP contribution in [0.15, 0.2) is 48.0 Å². The maximum absolute atomic E-state index is 11.6. The summed E-state index contributed by atoms with van der Waals surface area (Å²) in [7, 11) is 0. The number of carbonyl (C=O) groups excluding carboxylic acids is 1. The van der Waals surface area contributed by atoms with Crippen molar-refractivity contribution in [1.29, 1.82) is 0 Å². The maximum atomic E-state index is 11.6. The highest BCUT2D eigenvalue weighted by atomic mass is 35.5. The van der Waals surface area contributed by atoms with E-state index in [-0.39, 0.29) is 5.56 Å². The van der Waals surface area contributed by atoms with Crippen LogP contribution in [0, 0.1) is 0 Å². The Hall–Kier alpha value is -1.88. The summed E-state index contributed by atoms with van der Waals surface area (Å²) in [5.41, 5.74) is 8.22. The highest BCUT2D eigenvalue weighted by Crippen LogP contribution is 2.40. The number of benzene rings is 2. The summed E-state index contributed by atoms with van der Waals surface area (Å²) >= 11 is 14.3. The molecule has 0 bridgehead atoms. The van der Waals surface area contributed by atoms with Crippen molar-refractivity contribution < 1.29 is 4.79 Å². The summed E-state index contributed by atoms with van der Waals surface area (Å²) in [6, 6.07) is 11.4. The first kappa shape index (κ1) is 16.0. The summed E-state index contributed by atoms with van der Waals surface area (Å²) < 4.78 is 0. The van der Waals surface area contributed by atoms with E-state index in [0.717, 1.165) is 11.1 Å². The summed E-state index contributed by atoms with van der Waals surface area (Å²) in [5.74, 6) is -0.610. The van der Waals surface area contributed by atoms with Crippen LogP contribution in [0.25, 0.3) is 10.6 Å². The molecule has 0 aliphatic rings. The number of thiazole rings is 1. The quantitative estimate of drug-likeness (QED) is 0.723. The van der Waals surface area contributed by atoms with Crippen molar-refractivity contribution in [1.82, 2.24) is 4.98 Å². The first-order chi connectivity index (χ1) is 11.1. The Morgan fingerprint density at radius 1 is 1.22 bits per heavy atom. The highest BCUT2D eigenvalue weighted by Gasteiger charge is 2.21. The Labute approximate surface area is 147 Å². The van der Waals surface area contributed by atoms with Gasteiger partial charge in [-0.3, -0.25) is 4.79 Å². The molecule has 3 rings (SSSR count). The van der Waals surface area contributed by atoms with E-state index < -0.39 is 5.91 Å². The molecule has 2 N–H and O–H groups in total. The smallest absolute Gasteiger partial charge is 0.250 e. The minimum absolute atomic E-state index is 0.207. The normalized spacial score (nSPS) is 10.7. The number of primary amides is 1. The Bertz CT molecular complexity index is 849. The van der Waals surface area contributed by atoms with Gasteiger partial charge in [0.1, 0.15) is 5.01 Å². The van der Waals surface area contributed by atoms with Gasteiger partial charge in [-0.2, -0.15) is 0 Å². The van der Waals surface area contributed by atoms with E-state index in [1.807, 2.05) is 35.7 Å². The zero-order valence-corrected chi connectivity index (χ0v) is 14.3. The van der Waals surface area contributed by atoms with Crippen molar-refractivity contribution in [3.63, 3.8) is 0 Å². The monoisotopic (exact) mass is 362 g/mol. The van der Waals surface area contributed by atoms with Crippen LogP contribution in [0.3, 0.4) is 0 Å². The first-order valence-electron chi connectivity index (χ1n) is 6.82. The first-order valence-corrected chi connectivity index (χ1v) is 8.46. The van der Waals surface area contributed by atoms with Crippen LogP contribution in [0.4, 0.5) is 0 Å². The molecule has 0 unspecified atom stereocenters. The molecule has 1 amide bonds. The molecule has 0 saturated carbocycles. The molecule has 116 valence electrons. The zero-order chi connectivity index (χ0) is 16.4. The molecule has 0 fully saturated rings. The number of rotatable bonds is 4. The van der Waals surface area contributed by atoms with Crippen LogP contribution in [0.2, 0.25) is 10.0 Å². The predicted molar refractivity (Wildman–Crippen MR) is 95.3 cm³/mol. The largest absolute Gasteiger partial charge is 0.366 e. The van der Waals surface area contributed by atoms with Gasteiger partial charge >= 0.3 is 0 Å². The van der Waals surface area contributed by atoms with E-state index in [2.05, 4.69) is 4.98 Å². The van der Waals surface area contributed by atoms with Crippen LogP contribution in [0.5, 0.6) is 0 Å². The van der Waals surface area contributed by atoms with E-state index in [4.69, 9.17) is 28.9 Å². The Morgan fingerprint density at radius 2 is 1.96 bits per heavy atom. The summed E-state index contributed by atoms with van der Waals surface area (Å²) in [4.78, 5) is 15.9. The van der Waals surface area contributed by atoms with Gasteiger partial charge in [0, 0.05) is 22.2 Å². The van der Waals surface area contributed by atoms with Gasteiger partial charge in [0.15, 0.2) is 0 Å². The Kier molecular flexibility index (Phi) is 4.66. The van der Waals surface area contributed by atoms with Gasteiger partial charge in [0.05, 0.1) is 10.6 Å². The third-order valence-corrected chi connectivity index (χ3v) is 4.97. The standard InChI is InChI=1S/C17H12Cl2N2OS/c18-13-9-12(16(20)22)15(19)14(17-21-6-7-23-17)11(13)8-10-4-2-1-3-5-10/h1-7,9H,8H2,(H2,20,22). The number of aromatic nitrogens is 1. The third-order valence-electron chi connectivity index (χ3n) is 3.45. The number of hydrogen-bond donors (Lipinski definition) is 1. The second kappa shape index (κ2) is 6.71. The summed E-state index contributed by atoms with van der Waals surface area (Å²) in [5, 5.41) is 3.31. The van der Waals surface area contributed by atoms with Crippen LogP contribution < -0.4 is 5.73 Å². The van der Waals surface area contributed by atoms with Gasteiger partial charge in [0.2, 0.25) is 5.91 Å². The molecule has 0 spiro atoms. The van der Waals surface area contributed by atoms with Crippen molar-refractivity contribution in [2.45, 2.75) is 6.42 Å². The molecule has 1 heterocycles. The summed E-state index contributed by atoms with van der Waals surface area (Å²) in [6.07, 6.45) is 2.28. The van der Waals surface area contributed by atoms with Gasteiger partial charge in [0.25, 0.3) is 0 Å². The lowest BCUT2D eigenvalue weighted by Gasteiger charge is -2.14. The van der Waals surface area contributed by atoms with E-state index in [1.165, 1.54) is 17.4 Å². The van der Waals surface area contributed by atoms with Crippen molar-refractivity contribution >= 4 is 40.4 Å². The average Bonchev–Trinajstić information content (AvgIpc) is 3.05. The topological polar surface area (TPSA) is 56.0 Å². The Morgan fingerprint density at radius 3 is 2.57 bits per heavy atom. The molecule has 0 atom stereocenters. The molecular formula is C17H12Cl2N2OS.